The fraction of sp³-hybridized carbons (Fsp3) is 0.240. The molecular formula is C25H23N5SXe. The number of fused-ring (bicyclic) bond motifs is 4. The van der Waals surface area contributed by atoms with Gasteiger partial charge >= 0.3 is 218 Å². The fourth-order valence-corrected chi connectivity index (χ4v) is 7.61. The summed E-state index contributed by atoms with van der Waals surface area (Å²) in [6, 6.07) is 11.2. The van der Waals surface area contributed by atoms with Crippen LogP contribution in [0.3, 0.4) is 0 Å². The zero-order valence-electron chi connectivity index (χ0n) is 18.3. The molecule has 7 heteroatoms. The monoisotopic (exact) mass is 557 g/mol. The van der Waals surface area contributed by atoms with Crippen LogP contribution in [0.2, 0.25) is 0 Å². The van der Waals surface area contributed by atoms with Gasteiger partial charge in [0.15, 0.2) is 0 Å². The van der Waals surface area contributed by atoms with E-state index in [9.17, 15) is 0 Å². The van der Waals surface area contributed by atoms with Gasteiger partial charge in [-0.05, 0) is 0 Å². The summed E-state index contributed by atoms with van der Waals surface area (Å²) < 4.78 is 3.94. The van der Waals surface area contributed by atoms with E-state index in [2.05, 4.69) is 73.0 Å². The summed E-state index contributed by atoms with van der Waals surface area (Å²) in [5.74, 6) is 2.91. The van der Waals surface area contributed by atoms with Crippen LogP contribution in [0.1, 0.15) is 51.2 Å². The Morgan fingerprint density at radius 1 is 0.875 bits per heavy atom. The molecule has 0 fully saturated rings. The van der Waals surface area contributed by atoms with Crippen LogP contribution in [0, 0.1) is 44.2 Å². The molecular weight excluding hydrogens is 534 g/mol. The number of benzene rings is 2. The maximum absolute atomic E-state index is 4.88. The van der Waals surface area contributed by atoms with Crippen LogP contribution in [0.4, 0.5) is 0 Å². The Morgan fingerprint density at radius 3 is 2.44 bits per heavy atom. The molecule has 2 N–H and O–H groups in total. The van der Waals surface area contributed by atoms with E-state index in [0.717, 1.165) is 28.6 Å². The fourth-order valence-electron chi connectivity index (χ4n) is 4.07. The minimum absolute atomic E-state index is 0.0311. The normalized spacial score (nSPS) is 13.1. The van der Waals surface area contributed by atoms with Gasteiger partial charge in [0.2, 0.25) is 0 Å². The molecule has 6 rings (SSSR count). The van der Waals surface area contributed by atoms with Gasteiger partial charge in [-0.3, -0.25) is 0 Å². The Bertz CT molecular complexity index is 1470. The molecule has 0 saturated heterocycles. The second kappa shape index (κ2) is 7.97. The number of thiazole rings is 1. The van der Waals surface area contributed by atoms with Crippen molar-refractivity contribution in [1.29, 1.82) is 0 Å². The molecule has 0 saturated carbocycles. The van der Waals surface area contributed by atoms with Crippen LogP contribution in [-0.2, 0) is 0 Å². The van der Waals surface area contributed by atoms with Gasteiger partial charge in [0, 0.05) is 0 Å². The van der Waals surface area contributed by atoms with Crippen molar-refractivity contribution in [2.45, 2.75) is 39.5 Å². The van der Waals surface area contributed by atoms with Crippen LogP contribution < -0.4 is 0.193 Å². The summed E-state index contributed by atoms with van der Waals surface area (Å²) in [6.07, 6.45) is 1.94. The first-order valence-electron chi connectivity index (χ1n) is 10.8. The molecule has 0 amide bonds. The summed E-state index contributed by atoms with van der Waals surface area (Å²) in [5.41, 5.74) is 10.1. The van der Waals surface area contributed by atoms with Gasteiger partial charge in [0.25, 0.3) is 0 Å². The first-order valence-corrected chi connectivity index (χ1v) is 13.7. The van der Waals surface area contributed by atoms with Crippen LogP contribution >= 0.6 is 11.3 Å². The number of hydrogen-bond acceptors (Lipinski definition) is 4. The van der Waals surface area contributed by atoms with E-state index in [0.29, 0.717) is 11.8 Å². The van der Waals surface area contributed by atoms with E-state index < -0.39 is 0 Å². The molecule has 0 radical (unpaired) electrons. The van der Waals surface area contributed by atoms with Crippen molar-refractivity contribution in [3.8, 4) is 33.6 Å². The zero-order chi connectivity index (χ0) is 22.0. The molecule has 0 aliphatic carbocycles. The van der Waals surface area contributed by atoms with Gasteiger partial charge in [-0.1, -0.05) is 0 Å². The van der Waals surface area contributed by atoms with Gasteiger partial charge in [-0.25, -0.2) is 0 Å². The summed E-state index contributed by atoms with van der Waals surface area (Å²) >= 11 is 1.66. The number of hydrogen-bond donors (Lipinski definition) is 2. The van der Waals surface area contributed by atoms with Gasteiger partial charge in [-0.2, -0.15) is 0 Å². The third-order valence-electron chi connectivity index (χ3n) is 5.84. The predicted octanol–water partition coefficient (Wildman–Crippen LogP) is 5.34. The number of H-pyrrole nitrogens is 2. The average Bonchev–Trinajstić information content (AvgIpc) is 3.55. The third kappa shape index (κ3) is 3.36. The topological polar surface area (TPSA) is 70.2 Å². The van der Waals surface area contributed by atoms with Crippen LogP contribution in [-0.4, -0.2) is 24.9 Å². The van der Waals surface area contributed by atoms with E-state index >= 15 is 0 Å². The molecule has 4 heterocycles. The number of aromatic nitrogens is 5. The van der Waals surface area contributed by atoms with E-state index in [1.165, 1.54) is 27.1 Å². The zero-order valence-corrected chi connectivity index (χ0v) is 21.1. The molecule has 2 aromatic carbocycles. The van der Waals surface area contributed by atoms with Crippen LogP contribution in [0.25, 0.3) is 43.9 Å². The van der Waals surface area contributed by atoms with Crippen LogP contribution in [0.5, 0.6) is 0 Å². The minimum atomic E-state index is -0.0311. The third-order valence-corrected chi connectivity index (χ3v) is 9.31. The van der Waals surface area contributed by atoms with Gasteiger partial charge in [0.1, 0.15) is 0 Å². The Kier molecular flexibility index (Phi) is 5.20. The van der Waals surface area contributed by atoms with Gasteiger partial charge < -0.3 is 0 Å². The Balaban J connectivity index is 1.41. The SMILES string of the molecule is CC(C)c1ncc(-c2ccc(-c3ccc4c(c3)[Xe]c3[nH]c(C(C)C)nc3-4)c3ncsc23)[nH]1. The van der Waals surface area contributed by atoms with Crippen molar-refractivity contribution in [2.75, 3.05) is 0 Å². The first kappa shape index (κ1) is 20.9. The number of rotatable bonds is 4. The molecule has 162 valence electrons. The molecule has 1 aliphatic rings. The van der Waals surface area contributed by atoms with Crippen molar-refractivity contribution in [3.05, 3.63) is 53.7 Å². The summed E-state index contributed by atoms with van der Waals surface area (Å²) in [4.78, 5) is 21.2. The molecule has 32 heavy (non-hydrogen) atoms. The van der Waals surface area contributed by atoms with Crippen molar-refractivity contribution in [1.82, 2.24) is 24.9 Å². The van der Waals surface area contributed by atoms with Crippen molar-refractivity contribution < 1.29 is 44.2 Å². The van der Waals surface area contributed by atoms with E-state index in [4.69, 9.17) is 9.97 Å². The maximum atomic E-state index is 4.88. The second-order valence-electron chi connectivity index (χ2n) is 8.72. The summed E-state index contributed by atoms with van der Waals surface area (Å²) in [6.45, 7) is 8.67. The van der Waals surface area contributed by atoms with Gasteiger partial charge in [0.05, 0.1) is 0 Å². The van der Waals surface area contributed by atoms with Crippen molar-refractivity contribution in [2.24, 2.45) is 0 Å². The van der Waals surface area contributed by atoms with Gasteiger partial charge in [-0.15, -0.1) is 0 Å². The second-order valence-corrected chi connectivity index (χ2v) is 12.2. The van der Waals surface area contributed by atoms with E-state index in [1.54, 1.807) is 11.3 Å². The first-order chi connectivity index (χ1) is 15.5. The Labute approximate surface area is 215 Å². The number of nitrogens with zero attached hydrogens (tertiary/aromatic N) is 3. The molecule has 0 spiro atoms. The standard InChI is InChI=1S/C25H23N5SXe/c1-12(2)23-26-10-18(28-23)16-8-7-15(20-22(16)31-11-27-20)14-5-6-17-19(9-14)32-25-21(17)29-24(30-25)13(3)4/h5-13H,1-4H3,(H,26,28)(H,29,30). The summed E-state index contributed by atoms with van der Waals surface area (Å²) in [7, 11) is 0. The van der Waals surface area contributed by atoms with E-state index in [1.807, 2.05) is 11.7 Å². The molecule has 3 aromatic heterocycles. The summed E-state index contributed by atoms with van der Waals surface area (Å²) in [5, 5.41) is 0. The number of aromatic amines is 2. The molecule has 0 bridgehead atoms. The average molecular weight is 557 g/mol. The predicted molar refractivity (Wildman–Crippen MR) is 128 cm³/mol. The molecule has 0 atom stereocenters. The Hall–Kier alpha value is -1.68. The Morgan fingerprint density at radius 2 is 1.66 bits per heavy atom. The molecule has 1 aliphatic heterocycles. The van der Waals surface area contributed by atoms with Crippen LogP contribution in [0.15, 0.2) is 42.0 Å². The number of nitrogens with one attached hydrogen (secondary N) is 2. The molecule has 5 nitrogen and oxygen atoms in total. The van der Waals surface area contributed by atoms with Crippen molar-refractivity contribution >= 4 is 21.7 Å². The van der Waals surface area contributed by atoms with Crippen molar-refractivity contribution in [3.63, 3.8) is 0 Å². The molecule has 0 unspecified atom stereocenters. The quantitative estimate of drug-likeness (QED) is 0.308. The number of imidazole rings is 2. The van der Waals surface area contributed by atoms with E-state index in [-0.39, 0.29) is 44.2 Å². The molecule has 5 aromatic rings.